The number of amides is 2. The summed E-state index contributed by atoms with van der Waals surface area (Å²) in [5.74, 6) is 1.26. The summed E-state index contributed by atoms with van der Waals surface area (Å²) in [5.41, 5.74) is 0. The van der Waals surface area contributed by atoms with Gasteiger partial charge < -0.3 is 24.3 Å². The van der Waals surface area contributed by atoms with Gasteiger partial charge in [-0.2, -0.15) is 0 Å². The highest BCUT2D eigenvalue weighted by Crippen LogP contribution is 2.12. The molecule has 0 spiro atoms. The number of piperazine rings is 1. The molecule has 2 fully saturated rings. The first-order valence-electron chi connectivity index (χ1n) is 11.0. The molecule has 0 radical (unpaired) electrons. The predicted molar refractivity (Wildman–Crippen MR) is 114 cm³/mol. The Balaban J connectivity index is 1.36. The SMILES string of the molecule is CC(C)COC(=O)N1CCCN(CCC(=O)N2CCN(c3ncccn3)CC2)CC1. The van der Waals surface area contributed by atoms with Gasteiger partial charge in [-0.15, -0.1) is 0 Å². The fraction of sp³-hybridized carbons (Fsp3) is 0.714. The van der Waals surface area contributed by atoms with Crippen LogP contribution in [0, 0.1) is 5.92 Å². The van der Waals surface area contributed by atoms with Gasteiger partial charge in [-0.3, -0.25) is 4.79 Å². The molecule has 30 heavy (non-hydrogen) atoms. The van der Waals surface area contributed by atoms with Crippen LogP contribution in [0.1, 0.15) is 26.7 Å². The van der Waals surface area contributed by atoms with Crippen molar-refractivity contribution in [2.24, 2.45) is 5.92 Å². The van der Waals surface area contributed by atoms with Crippen LogP contribution < -0.4 is 4.90 Å². The van der Waals surface area contributed by atoms with E-state index in [1.54, 1.807) is 23.4 Å². The summed E-state index contributed by atoms with van der Waals surface area (Å²) < 4.78 is 5.35. The zero-order valence-electron chi connectivity index (χ0n) is 18.2. The smallest absolute Gasteiger partial charge is 0.409 e. The molecule has 0 saturated carbocycles. The Hall–Kier alpha value is -2.42. The highest BCUT2D eigenvalue weighted by molar-refractivity contribution is 5.76. The number of rotatable bonds is 6. The van der Waals surface area contributed by atoms with Crippen LogP contribution in [0.5, 0.6) is 0 Å². The van der Waals surface area contributed by atoms with Crippen LogP contribution in [0.2, 0.25) is 0 Å². The minimum Gasteiger partial charge on any atom is -0.449 e. The van der Waals surface area contributed by atoms with Crippen molar-refractivity contribution in [1.82, 2.24) is 24.7 Å². The maximum atomic E-state index is 12.7. The van der Waals surface area contributed by atoms with E-state index in [9.17, 15) is 9.59 Å². The molecule has 2 aliphatic heterocycles. The monoisotopic (exact) mass is 418 g/mol. The fourth-order valence-electron chi connectivity index (χ4n) is 3.73. The number of anilines is 1. The summed E-state index contributed by atoms with van der Waals surface area (Å²) in [6, 6.07) is 1.81. The maximum absolute atomic E-state index is 12.7. The largest absolute Gasteiger partial charge is 0.449 e. The number of ether oxygens (including phenoxy) is 1. The van der Waals surface area contributed by atoms with Gasteiger partial charge in [-0.1, -0.05) is 13.8 Å². The second kappa shape index (κ2) is 11.1. The molecule has 1 aromatic rings. The number of carbonyl (C=O) groups is 2. The van der Waals surface area contributed by atoms with E-state index in [0.717, 1.165) is 45.1 Å². The Bertz CT molecular complexity index is 679. The number of carbonyl (C=O) groups excluding carboxylic acids is 2. The van der Waals surface area contributed by atoms with Crippen molar-refractivity contribution in [2.75, 3.05) is 70.4 Å². The van der Waals surface area contributed by atoms with Gasteiger partial charge in [0.25, 0.3) is 0 Å². The van der Waals surface area contributed by atoms with Crippen LogP contribution in [-0.4, -0.2) is 102 Å². The van der Waals surface area contributed by atoms with Crippen molar-refractivity contribution >= 4 is 17.9 Å². The Morgan fingerprint density at radius 1 is 0.967 bits per heavy atom. The summed E-state index contributed by atoms with van der Waals surface area (Å²) in [6.45, 7) is 11.2. The Morgan fingerprint density at radius 2 is 1.67 bits per heavy atom. The molecule has 1 aromatic heterocycles. The molecule has 0 unspecified atom stereocenters. The lowest BCUT2D eigenvalue weighted by Gasteiger charge is -2.35. The van der Waals surface area contributed by atoms with Crippen LogP contribution >= 0.6 is 0 Å². The summed E-state index contributed by atoms with van der Waals surface area (Å²) >= 11 is 0. The third-order valence-corrected chi connectivity index (χ3v) is 5.50. The van der Waals surface area contributed by atoms with Crippen LogP contribution in [0.4, 0.5) is 10.7 Å². The van der Waals surface area contributed by atoms with Crippen molar-refractivity contribution in [1.29, 1.82) is 0 Å². The van der Waals surface area contributed by atoms with E-state index in [-0.39, 0.29) is 12.0 Å². The Kier molecular flexibility index (Phi) is 8.24. The van der Waals surface area contributed by atoms with Crippen LogP contribution in [-0.2, 0) is 9.53 Å². The van der Waals surface area contributed by atoms with Crippen LogP contribution in [0.3, 0.4) is 0 Å². The van der Waals surface area contributed by atoms with E-state index in [4.69, 9.17) is 4.74 Å². The van der Waals surface area contributed by atoms with E-state index in [1.807, 2.05) is 18.7 Å². The van der Waals surface area contributed by atoms with Crippen molar-refractivity contribution in [3.05, 3.63) is 18.5 Å². The van der Waals surface area contributed by atoms with Crippen molar-refractivity contribution in [3.8, 4) is 0 Å². The van der Waals surface area contributed by atoms with Gasteiger partial charge >= 0.3 is 6.09 Å². The Morgan fingerprint density at radius 3 is 2.37 bits per heavy atom. The van der Waals surface area contributed by atoms with Crippen LogP contribution in [0.15, 0.2) is 18.5 Å². The fourth-order valence-corrected chi connectivity index (χ4v) is 3.73. The number of hydrogen-bond acceptors (Lipinski definition) is 7. The molecule has 0 bridgehead atoms. The lowest BCUT2D eigenvalue weighted by Crippen LogP contribution is -2.49. The maximum Gasteiger partial charge on any atom is 0.409 e. The minimum absolute atomic E-state index is 0.195. The van der Waals surface area contributed by atoms with E-state index >= 15 is 0 Å². The molecule has 0 N–H and O–H groups in total. The summed E-state index contributed by atoms with van der Waals surface area (Å²) in [5, 5.41) is 0. The summed E-state index contributed by atoms with van der Waals surface area (Å²) in [6.07, 6.45) is 4.68. The van der Waals surface area contributed by atoms with Gasteiger partial charge in [-0.25, -0.2) is 14.8 Å². The second-order valence-electron chi connectivity index (χ2n) is 8.32. The first-order valence-corrected chi connectivity index (χ1v) is 11.0. The Labute approximate surface area is 179 Å². The topological polar surface area (TPSA) is 82.1 Å². The van der Waals surface area contributed by atoms with Gasteiger partial charge in [0.1, 0.15) is 0 Å². The normalized spacial score (nSPS) is 18.4. The van der Waals surface area contributed by atoms with Crippen LogP contribution in [0.25, 0.3) is 0 Å². The van der Waals surface area contributed by atoms with Crippen molar-refractivity contribution in [2.45, 2.75) is 26.7 Å². The number of aromatic nitrogens is 2. The van der Waals surface area contributed by atoms with Gasteiger partial charge in [0.05, 0.1) is 6.61 Å². The molecule has 0 aromatic carbocycles. The first-order chi connectivity index (χ1) is 14.5. The van der Waals surface area contributed by atoms with Gasteiger partial charge in [0.15, 0.2) is 0 Å². The highest BCUT2D eigenvalue weighted by atomic mass is 16.6. The zero-order valence-corrected chi connectivity index (χ0v) is 18.2. The van der Waals surface area contributed by atoms with E-state index < -0.39 is 0 Å². The van der Waals surface area contributed by atoms with Gasteiger partial charge in [-0.05, 0) is 24.9 Å². The lowest BCUT2D eigenvalue weighted by molar-refractivity contribution is -0.131. The molecule has 166 valence electrons. The minimum atomic E-state index is -0.220. The molecule has 9 heteroatoms. The van der Waals surface area contributed by atoms with E-state index in [2.05, 4.69) is 19.8 Å². The third-order valence-electron chi connectivity index (χ3n) is 5.50. The average Bonchev–Trinajstić information content (AvgIpc) is 3.02. The average molecular weight is 419 g/mol. The number of hydrogen-bond donors (Lipinski definition) is 0. The van der Waals surface area contributed by atoms with E-state index in [1.165, 1.54) is 0 Å². The molecule has 3 heterocycles. The molecule has 0 atom stereocenters. The standard InChI is InChI=1S/C21H34N6O3/c1-18(2)17-30-21(29)27-9-4-8-24(11-12-27)10-5-19(28)25-13-15-26(16-14-25)20-22-6-3-7-23-20/h3,6-7,18H,4-5,8-17H2,1-2H3. The van der Waals surface area contributed by atoms with Crippen molar-refractivity contribution < 1.29 is 14.3 Å². The zero-order chi connectivity index (χ0) is 21.3. The molecule has 9 nitrogen and oxygen atoms in total. The predicted octanol–water partition coefficient (Wildman–Crippen LogP) is 1.32. The highest BCUT2D eigenvalue weighted by Gasteiger charge is 2.24. The van der Waals surface area contributed by atoms with Crippen molar-refractivity contribution in [3.63, 3.8) is 0 Å². The third kappa shape index (κ3) is 6.55. The molecule has 2 aliphatic rings. The first kappa shape index (κ1) is 22.3. The number of nitrogens with zero attached hydrogens (tertiary/aromatic N) is 6. The van der Waals surface area contributed by atoms with E-state index in [0.29, 0.717) is 45.1 Å². The summed E-state index contributed by atoms with van der Waals surface area (Å²) in [7, 11) is 0. The summed E-state index contributed by atoms with van der Waals surface area (Å²) in [4.78, 5) is 41.5. The quantitative estimate of drug-likeness (QED) is 0.689. The molecule has 3 rings (SSSR count). The molecular weight excluding hydrogens is 384 g/mol. The lowest BCUT2D eigenvalue weighted by atomic mass is 10.2. The molecule has 0 aliphatic carbocycles. The molecule has 2 saturated heterocycles. The second-order valence-corrected chi connectivity index (χ2v) is 8.32. The molecular formula is C21H34N6O3. The molecule has 2 amide bonds. The van der Waals surface area contributed by atoms with Gasteiger partial charge in [0.2, 0.25) is 11.9 Å². The van der Waals surface area contributed by atoms with Gasteiger partial charge in [0, 0.05) is 71.2 Å².